The second-order valence-electron chi connectivity index (χ2n) is 7.64. The molecule has 0 aliphatic heterocycles. The molecule has 6 heteroatoms. The average molecular weight is 390 g/mol. The average Bonchev–Trinajstić information content (AvgIpc) is 2.56. The number of rotatable bonds is 4. The molecule has 142 valence electrons. The second-order valence-corrected chi connectivity index (χ2v) is 8.08. The lowest BCUT2D eigenvalue weighted by atomic mass is 9.69. The minimum atomic E-state index is -0.792. The van der Waals surface area contributed by atoms with Crippen molar-refractivity contribution in [3.05, 3.63) is 52.4 Å². The molecule has 1 aliphatic rings. The number of nitrogens with zero attached hydrogens (tertiary/aromatic N) is 1. The van der Waals surface area contributed by atoms with Gasteiger partial charge in [-0.2, -0.15) is 0 Å². The summed E-state index contributed by atoms with van der Waals surface area (Å²) in [5.74, 6) is -1.54. The molecule has 0 amide bonds. The number of hydrogen-bond acceptors (Lipinski definition) is 4. The van der Waals surface area contributed by atoms with Crippen molar-refractivity contribution in [3.8, 4) is 11.6 Å². The lowest BCUT2D eigenvalue weighted by Crippen LogP contribution is -2.36. The number of Topliss-reactive ketones (excluding diaryl/α,β-unsaturated/α-hetero) is 2. The molecule has 1 saturated carbocycles. The topological polar surface area (TPSA) is 56.3 Å². The van der Waals surface area contributed by atoms with Gasteiger partial charge in [0.2, 0.25) is 0 Å². The summed E-state index contributed by atoms with van der Waals surface area (Å²) in [6.07, 6.45) is 2.66. The number of hydrogen-bond donors (Lipinski definition) is 0. The second kappa shape index (κ2) is 7.39. The van der Waals surface area contributed by atoms with Crippen LogP contribution in [0.3, 0.4) is 0 Å². The van der Waals surface area contributed by atoms with Crippen LogP contribution in [-0.2, 0) is 16.0 Å². The van der Waals surface area contributed by atoms with E-state index in [9.17, 15) is 14.0 Å². The van der Waals surface area contributed by atoms with Crippen LogP contribution in [0.4, 0.5) is 4.39 Å². The van der Waals surface area contributed by atoms with Crippen LogP contribution in [0.2, 0.25) is 5.02 Å². The number of pyridine rings is 1. The predicted molar refractivity (Wildman–Crippen MR) is 101 cm³/mol. The van der Waals surface area contributed by atoms with Gasteiger partial charge in [0, 0.05) is 19.0 Å². The molecule has 3 rings (SSSR count). The summed E-state index contributed by atoms with van der Waals surface area (Å²) < 4.78 is 19.5. The Kier molecular flexibility index (Phi) is 5.33. The van der Waals surface area contributed by atoms with Gasteiger partial charge in [-0.3, -0.25) is 9.59 Å². The Labute approximate surface area is 162 Å². The van der Waals surface area contributed by atoms with Crippen LogP contribution in [0, 0.1) is 11.2 Å². The summed E-state index contributed by atoms with van der Waals surface area (Å²) in [5.41, 5.74) is 1.22. The fourth-order valence-corrected chi connectivity index (χ4v) is 3.70. The summed E-state index contributed by atoms with van der Waals surface area (Å²) in [6, 6.07) is 6.24. The first kappa shape index (κ1) is 19.5. The third kappa shape index (κ3) is 4.19. The number of ether oxygens (including phenoxy) is 1. The van der Waals surface area contributed by atoms with Crippen molar-refractivity contribution in [1.82, 2.24) is 4.98 Å². The van der Waals surface area contributed by atoms with E-state index in [1.807, 2.05) is 20.8 Å². The van der Waals surface area contributed by atoms with Gasteiger partial charge in [0.25, 0.3) is 5.88 Å². The monoisotopic (exact) mass is 389 g/mol. The molecule has 4 nitrogen and oxygen atoms in total. The normalized spacial score (nSPS) is 17.2. The molecule has 0 bridgehead atoms. The molecule has 1 heterocycles. The van der Waals surface area contributed by atoms with Crippen LogP contribution < -0.4 is 4.74 Å². The van der Waals surface area contributed by atoms with Gasteiger partial charge in [0.15, 0.2) is 5.82 Å². The Morgan fingerprint density at radius 2 is 1.89 bits per heavy atom. The highest BCUT2D eigenvalue weighted by atomic mass is 35.5. The van der Waals surface area contributed by atoms with E-state index in [2.05, 4.69) is 4.98 Å². The fraction of sp³-hybridized carbons (Fsp3) is 0.381. The third-order valence-electron chi connectivity index (χ3n) is 4.75. The lowest BCUT2D eigenvalue weighted by Gasteiger charge is -2.33. The van der Waals surface area contributed by atoms with Crippen molar-refractivity contribution >= 4 is 23.2 Å². The standard InChI is InChI=1S/C21H21ClFNO3/c1-4-12-5-6-14(27-20-16(23)7-13(22)11-24-20)8-15(12)19-17(25)9-21(2,3)10-18(19)26/h5-8,11,19H,4,9-10H2,1-3H3. The molecule has 2 aromatic rings. The minimum Gasteiger partial charge on any atom is -0.436 e. The molecule has 0 spiro atoms. The summed E-state index contributed by atoms with van der Waals surface area (Å²) in [7, 11) is 0. The number of benzene rings is 1. The van der Waals surface area contributed by atoms with Crippen molar-refractivity contribution in [2.24, 2.45) is 5.41 Å². The largest absolute Gasteiger partial charge is 0.436 e. The number of halogens is 2. The van der Waals surface area contributed by atoms with Gasteiger partial charge in [0.05, 0.1) is 5.02 Å². The third-order valence-corrected chi connectivity index (χ3v) is 4.95. The maximum atomic E-state index is 14.0. The molecule has 0 atom stereocenters. The summed E-state index contributed by atoms with van der Waals surface area (Å²) in [6.45, 7) is 5.81. The molecule has 0 unspecified atom stereocenters. The van der Waals surface area contributed by atoms with E-state index in [-0.39, 0.29) is 27.9 Å². The first-order valence-corrected chi connectivity index (χ1v) is 9.25. The highest BCUT2D eigenvalue weighted by molar-refractivity contribution is 6.30. The zero-order chi connectivity index (χ0) is 19.8. The first-order chi connectivity index (χ1) is 12.7. The fourth-order valence-electron chi connectivity index (χ4n) is 3.55. The van der Waals surface area contributed by atoms with Crippen molar-refractivity contribution in [3.63, 3.8) is 0 Å². The molecule has 1 aromatic heterocycles. The van der Waals surface area contributed by atoms with E-state index in [0.29, 0.717) is 30.6 Å². The minimum absolute atomic E-state index is 0.0844. The van der Waals surface area contributed by atoms with Crippen molar-refractivity contribution in [2.75, 3.05) is 0 Å². The SMILES string of the molecule is CCc1ccc(Oc2ncc(Cl)cc2F)cc1C1C(=O)CC(C)(C)CC1=O. The number of ketones is 2. The quantitative estimate of drug-likeness (QED) is 0.668. The summed E-state index contributed by atoms with van der Waals surface area (Å²) in [5, 5.41) is 0.169. The van der Waals surface area contributed by atoms with Crippen molar-refractivity contribution < 1.29 is 18.7 Å². The van der Waals surface area contributed by atoms with Crippen LogP contribution in [0.5, 0.6) is 11.6 Å². The van der Waals surface area contributed by atoms with E-state index in [0.717, 1.165) is 11.6 Å². The molecule has 0 N–H and O–H groups in total. The van der Waals surface area contributed by atoms with E-state index < -0.39 is 11.7 Å². The predicted octanol–water partition coefficient (Wildman–Crippen LogP) is 5.27. The Balaban J connectivity index is 1.97. The van der Waals surface area contributed by atoms with Crippen LogP contribution in [0.15, 0.2) is 30.5 Å². The van der Waals surface area contributed by atoms with Crippen LogP contribution in [-0.4, -0.2) is 16.6 Å². The Bertz CT molecular complexity index is 890. The van der Waals surface area contributed by atoms with Gasteiger partial charge in [-0.05, 0) is 41.2 Å². The maximum absolute atomic E-state index is 14.0. The van der Waals surface area contributed by atoms with Gasteiger partial charge in [-0.25, -0.2) is 9.37 Å². The Hall–Kier alpha value is -2.27. The maximum Gasteiger partial charge on any atom is 0.255 e. The lowest BCUT2D eigenvalue weighted by molar-refractivity contribution is -0.135. The smallest absolute Gasteiger partial charge is 0.255 e. The highest BCUT2D eigenvalue weighted by Crippen LogP contribution is 2.40. The van der Waals surface area contributed by atoms with E-state index >= 15 is 0 Å². The molecule has 0 saturated heterocycles. The van der Waals surface area contributed by atoms with Gasteiger partial charge in [-0.1, -0.05) is 38.4 Å². The van der Waals surface area contributed by atoms with Gasteiger partial charge < -0.3 is 4.74 Å². The Morgan fingerprint density at radius 1 is 1.22 bits per heavy atom. The number of aromatic nitrogens is 1. The Morgan fingerprint density at radius 3 is 2.48 bits per heavy atom. The highest BCUT2D eigenvalue weighted by Gasteiger charge is 2.41. The van der Waals surface area contributed by atoms with Crippen LogP contribution >= 0.6 is 11.6 Å². The van der Waals surface area contributed by atoms with Crippen molar-refractivity contribution in [2.45, 2.75) is 46.0 Å². The number of aryl methyl sites for hydroxylation is 1. The zero-order valence-corrected chi connectivity index (χ0v) is 16.3. The van der Waals surface area contributed by atoms with Gasteiger partial charge in [0.1, 0.15) is 23.2 Å². The van der Waals surface area contributed by atoms with Crippen LogP contribution in [0.1, 0.15) is 50.7 Å². The van der Waals surface area contributed by atoms with E-state index in [1.165, 1.54) is 6.20 Å². The van der Waals surface area contributed by atoms with Gasteiger partial charge in [-0.15, -0.1) is 0 Å². The summed E-state index contributed by atoms with van der Waals surface area (Å²) >= 11 is 5.71. The molecule has 0 radical (unpaired) electrons. The van der Waals surface area contributed by atoms with Crippen molar-refractivity contribution in [1.29, 1.82) is 0 Å². The van der Waals surface area contributed by atoms with Crippen LogP contribution in [0.25, 0.3) is 0 Å². The number of carbonyl (C=O) groups is 2. The zero-order valence-electron chi connectivity index (χ0n) is 15.5. The first-order valence-electron chi connectivity index (χ1n) is 8.87. The molecule has 1 aliphatic carbocycles. The van der Waals surface area contributed by atoms with E-state index in [4.69, 9.17) is 16.3 Å². The molecule has 1 fully saturated rings. The molecular formula is C21H21ClFNO3. The molecule has 1 aromatic carbocycles. The number of carbonyl (C=O) groups excluding carboxylic acids is 2. The molecular weight excluding hydrogens is 369 g/mol. The molecule has 27 heavy (non-hydrogen) atoms. The van der Waals surface area contributed by atoms with Gasteiger partial charge >= 0.3 is 0 Å². The summed E-state index contributed by atoms with van der Waals surface area (Å²) in [4.78, 5) is 29.2. The van der Waals surface area contributed by atoms with E-state index in [1.54, 1.807) is 18.2 Å².